The number of hydrogen-bond acceptors (Lipinski definition) is 5. The zero-order valence-corrected chi connectivity index (χ0v) is 16.3. The van der Waals surface area contributed by atoms with Gasteiger partial charge in [0.05, 0.1) is 7.11 Å². The highest BCUT2D eigenvalue weighted by atomic mass is 79.9. The van der Waals surface area contributed by atoms with Gasteiger partial charge >= 0.3 is 5.63 Å². The Morgan fingerprint density at radius 1 is 1.28 bits per heavy atom. The minimum atomic E-state index is -0.672. The van der Waals surface area contributed by atoms with Crippen molar-refractivity contribution in [1.82, 2.24) is 10.2 Å². The first-order valence-electron chi connectivity index (χ1n) is 8.32. The van der Waals surface area contributed by atoms with E-state index in [2.05, 4.69) is 40.0 Å². The first-order valence-corrected chi connectivity index (χ1v) is 9.11. The Hall–Kier alpha value is -1.86. The van der Waals surface area contributed by atoms with Gasteiger partial charge in [0.15, 0.2) is 11.3 Å². The van der Waals surface area contributed by atoms with E-state index in [9.17, 15) is 9.59 Å². The van der Waals surface area contributed by atoms with Gasteiger partial charge in [-0.15, -0.1) is 0 Å². The molecule has 0 aliphatic rings. The molecule has 136 valence electrons. The van der Waals surface area contributed by atoms with Gasteiger partial charge in [-0.3, -0.25) is 4.79 Å². The topological polar surface area (TPSA) is 71.8 Å². The molecular weight excluding hydrogens is 388 g/mol. The summed E-state index contributed by atoms with van der Waals surface area (Å²) in [6.45, 7) is 7.59. The van der Waals surface area contributed by atoms with Crippen molar-refractivity contribution in [3.05, 3.63) is 38.7 Å². The molecule has 0 radical (unpaired) electrons. The molecule has 0 unspecified atom stereocenters. The monoisotopic (exact) mass is 410 g/mol. The number of ether oxygens (including phenoxy) is 1. The highest BCUT2D eigenvalue weighted by molar-refractivity contribution is 9.10. The number of methoxy groups -OCH3 is 1. The molecule has 0 saturated carbocycles. The number of halogens is 1. The van der Waals surface area contributed by atoms with Crippen LogP contribution in [0.15, 0.2) is 31.9 Å². The van der Waals surface area contributed by atoms with Crippen LogP contribution in [0.4, 0.5) is 0 Å². The molecule has 0 fully saturated rings. The first kappa shape index (κ1) is 19.5. The van der Waals surface area contributed by atoms with Crippen molar-refractivity contribution < 1.29 is 13.9 Å². The number of amides is 1. The average Bonchev–Trinajstić information content (AvgIpc) is 2.60. The highest BCUT2D eigenvalue weighted by Crippen LogP contribution is 2.29. The molecule has 1 heterocycles. The SMILES string of the molecule is CCN(CC)CCCNC(=O)c1cc2cc(Br)cc(OC)c2oc1=O. The van der Waals surface area contributed by atoms with Crippen LogP contribution in [-0.2, 0) is 0 Å². The molecule has 25 heavy (non-hydrogen) atoms. The van der Waals surface area contributed by atoms with Crippen molar-refractivity contribution in [3.8, 4) is 5.75 Å². The van der Waals surface area contributed by atoms with E-state index in [0.29, 0.717) is 23.3 Å². The lowest BCUT2D eigenvalue weighted by Gasteiger charge is -2.17. The fraction of sp³-hybridized carbons (Fsp3) is 0.444. The van der Waals surface area contributed by atoms with Gasteiger partial charge in [0.25, 0.3) is 5.91 Å². The van der Waals surface area contributed by atoms with Crippen LogP contribution in [0, 0.1) is 0 Å². The fourth-order valence-electron chi connectivity index (χ4n) is 2.62. The van der Waals surface area contributed by atoms with Gasteiger partial charge < -0.3 is 19.4 Å². The molecule has 6 nitrogen and oxygen atoms in total. The second-order valence-corrected chi connectivity index (χ2v) is 6.53. The maximum Gasteiger partial charge on any atom is 0.349 e. The number of nitrogens with zero attached hydrogens (tertiary/aromatic N) is 1. The molecule has 1 N–H and O–H groups in total. The quantitative estimate of drug-likeness (QED) is 0.534. The summed E-state index contributed by atoms with van der Waals surface area (Å²) in [6.07, 6.45) is 0.825. The Balaban J connectivity index is 2.13. The molecule has 0 aliphatic carbocycles. The summed E-state index contributed by atoms with van der Waals surface area (Å²) < 4.78 is 11.3. The summed E-state index contributed by atoms with van der Waals surface area (Å²) in [5.74, 6) is 0.0156. The number of carbonyl (C=O) groups excluding carboxylic acids is 1. The molecule has 0 bridgehead atoms. The zero-order valence-electron chi connectivity index (χ0n) is 14.7. The van der Waals surface area contributed by atoms with E-state index in [1.807, 2.05) is 0 Å². The molecule has 0 atom stereocenters. The van der Waals surface area contributed by atoms with E-state index in [-0.39, 0.29) is 5.56 Å². The summed E-state index contributed by atoms with van der Waals surface area (Å²) >= 11 is 3.38. The smallest absolute Gasteiger partial charge is 0.349 e. The van der Waals surface area contributed by atoms with Gasteiger partial charge in [0, 0.05) is 16.4 Å². The standard InChI is InChI=1S/C18H23BrN2O4/c1-4-21(5-2)8-6-7-20-17(22)14-10-12-9-13(19)11-15(24-3)16(12)25-18(14)23/h9-11H,4-8H2,1-3H3,(H,20,22). The number of fused-ring (bicyclic) bond motifs is 1. The van der Waals surface area contributed by atoms with Crippen molar-refractivity contribution in [2.75, 3.05) is 33.3 Å². The third-order valence-electron chi connectivity index (χ3n) is 4.06. The van der Waals surface area contributed by atoms with Crippen LogP contribution >= 0.6 is 15.9 Å². The first-order chi connectivity index (χ1) is 12.0. The van der Waals surface area contributed by atoms with Gasteiger partial charge in [-0.2, -0.15) is 0 Å². The Kier molecular flexibility index (Phi) is 7.01. The molecule has 2 aromatic rings. The third kappa shape index (κ3) is 4.83. The molecule has 2 rings (SSSR count). The Morgan fingerprint density at radius 2 is 2.00 bits per heavy atom. The average molecular weight is 411 g/mol. The van der Waals surface area contributed by atoms with E-state index in [0.717, 1.165) is 30.5 Å². The Labute approximate surface area is 155 Å². The molecule has 1 amide bonds. The van der Waals surface area contributed by atoms with E-state index < -0.39 is 11.5 Å². The number of benzene rings is 1. The predicted octanol–water partition coefficient (Wildman–Crippen LogP) is 3.03. The summed E-state index contributed by atoms with van der Waals surface area (Å²) in [7, 11) is 1.50. The van der Waals surface area contributed by atoms with Crippen molar-refractivity contribution >= 4 is 32.8 Å². The van der Waals surface area contributed by atoms with Crippen molar-refractivity contribution in [2.45, 2.75) is 20.3 Å². The van der Waals surface area contributed by atoms with Crippen molar-refractivity contribution in [1.29, 1.82) is 0 Å². The molecule has 7 heteroatoms. The van der Waals surface area contributed by atoms with Crippen LogP contribution in [0.25, 0.3) is 11.0 Å². The van der Waals surface area contributed by atoms with E-state index in [4.69, 9.17) is 9.15 Å². The molecule has 1 aromatic heterocycles. The minimum Gasteiger partial charge on any atom is -0.493 e. The lowest BCUT2D eigenvalue weighted by Crippen LogP contribution is -2.32. The number of rotatable bonds is 8. The normalized spacial score (nSPS) is 11.1. The van der Waals surface area contributed by atoms with Gasteiger partial charge in [-0.25, -0.2) is 4.79 Å². The van der Waals surface area contributed by atoms with E-state index in [1.54, 1.807) is 12.1 Å². The molecule has 1 aromatic carbocycles. The van der Waals surface area contributed by atoms with Gasteiger partial charge in [-0.05, 0) is 44.3 Å². The van der Waals surface area contributed by atoms with Gasteiger partial charge in [0.2, 0.25) is 0 Å². The molecule has 0 aliphatic heterocycles. The second-order valence-electron chi connectivity index (χ2n) is 5.61. The lowest BCUT2D eigenvalue weighted by atomic mass is 10.1. The summed E-state index contributed by atoms with van der Waals surface area (Å²) in [4.78, 5) is 26.7. The van der Waals surface area contributed by atoms with E-state index >= 15 is 0 Å². The lowest BCUT2D eigenvalue weighted by molar-refractivity contribution is 0.0948. The van der Waals surface area contributed by atoms with Gasteiger partial charge in [0.1, 0.15) is 5.56 Å². The molecule has 0 spiro atoms. The number of nitrogens with one attached hydrogen (secondary N) is 1. The maximum atomic E-state index is 12.3. The number of carbonyl (C=O) groups is 1. The Morgan fingerprint density at radius 3 is 2.64 bits per heavy atom. The summed E-state index contributed by atoms with van der Waals surface area (Å²) in [5, 5.41) is 3.41. The van der Waals surface area contributed by atoms with Crippen LogP contribution in [-0.4, -0.2) is 44.1 Å². The zero-order chi connectivity index (χ0) is 18.4. The van der Waals surface area contributed by atoms with Crippen LogP contribution in [0.5, 0.6) is 5.75 Å². The molecular formula is C18H23BrN2O4. The minimum absolute atomic E-state index is 0.00417. The van der Waals surface area contributed by atoms with Crippen LogP contribution in [0.1, 0.15) is 30.6 Å². The van der Waals surface area contributed by atoms with Crippen LogP contribution in [0.2, 0.25) is 0 Å². The third-order valence-corrected chi connectivity index (χ3v) is 4.52. The summed E-state index contributed by atoms with van der Waals surface area (Å²) in [6, 6.07) is 5.02. The maximum absolute atomic E-state index is 12.3. The number of hydrogen-bond donors (Lipinski definition) is 1. The van der Waals surface area contributed by atoms with E-state index in [1.165, 1.54) is 13.2 Å². The van der Waals surface area contributed by atoms with Crippen molar-refractivity contribution in [3.63, 3.8) is 0 Å². The highest BCUT2D eigenvalue weighted by Gasteiger charge is 2.16. The van der Waals surface area contributed by atoms with Gasteiger partial charge in [-0.1, -0.05) is 29.8 Å². The molecule has 0 saturated heterocycles. The van der Waals surface area contributed by atoms with Crippen LogP contribution < -0.4 is 15.7 Å². The largest absolute Gasteiger partial charge is 0.493 e. The predicted molar refractivity (Wildman–Crippen MR) is 101 cm³/mol. The Bertz CT molecular complexity index is 799. The van der Waals surface area contributed by atoms with Crippen LogP contribution in [0.3, 0.4) is 0 Å². The summed E-state index contributed by atoms with van der Waals surface area (Å²) in [5.41, 5.74) is -0.348. The van der Waals surface area contributed by atoms with Crippen molar-refractivity contribution in [2.24, 2.45) is 0 Å². The second kappa shape index (κ2) is 9.01. The fourth-order valence-corrected chi connectivity index (χ4v) is 3.07.